The van der Waals surface area contributed by atoms with Crippen LogP contribution in [0.3, 0.4) is 0 Å². The van der Waals surface area contributed by atoms with Gasteiger partial charge in [0.25, 0.3) is 0 Å². The fraction of sp³-hybridized carbons (Fsp3) is 0.500. The minimum Gasteiger partial charge on any atom is -0.466 e. The summed E-state index contributed by atoms with van der Waals surface area (Å²) in [5, 5.41) is 3.13. The van der Waals surface area contributed by atoms with Crippen molar-refractivity contribution in [3.63, 3.8) is 0 Å². The molecule has 1 saturated heterocycles. The van der Waals surface area contributed by atoms with Crippen molar-refractivity contribution < 1.29 is 28.0 Å². The third-order valence-corrected chi connectivity index (χ3v) is 7.89. The molecule has 0 amide bonds. The maximum Gasteiger partial charge on any atom is 0.346 e. The van der Waals surface area contributed by atoms with E-state index in [1.807, 2.05) is 18.2 Å². The van der Waals surface area contributed by atoms with Gasteiger partial charge >= 0.3 is 17.6 Å². The van der Waals surface area contributed by atoms with Crippen LogP contribution in [0.1, 0.15) is 38.8 Å². The Morgan fingerprint density at radius 2 is 1.92 bits per heavy atom. The van der Waals surface area contributed by atoms with E-state index in [1.165, 1.54) is 18.3 Å². The Kier molecular flexibility index (Phi) is 9.17. The lowest BCUT2D eigenvalue weighted by molar-refractivity contribution is -0.910. The number of unbranched alkanes of at least 4 members (excludes halogenated alkanes) is 2. The molecular formula is C28H36N3O6S+. The second-order valence-electron chi connectivity index (χ2n) is 9.97. The zero-order valence-electron chi connectivity index (χ0n) is 22.4. The Morgan fingerprint density at radius 1 is 1.13 bits per heavy atom. The van der Waals surface area contributed by atoms with Gasteiger partial charge in [-0.3, -0.25) is 9.59 Å². The number of piperazine rings is 1. The third-order valence-electron chi connectivity index (χ3n) is 6.96. The molecule has 0 radical (unpaired) electrons. The summed E-state index contributed by atoms with van der Waals surface area (Å²) in [5.41, 5.74) is 2.13. The average Bonchev–Trinajstić information content (AvgIpc) is 3.34. The van der Waals surface area contributed by atoms with Crippen molar-refractivity contribution in [1.29, 1.82) is 0 Å². The first-order valence-corrected chi connectivity index (χ1v) is 14.0. The Bertz CT molecular complexity index is 1330. The van der Waals surface area contributed by atoms with E-state index in [0.717, 1.165) is 67.5 Å². The van der Waals surface area contributed by atoms with Crippen LogP contribution in [0.25, 0.3) is 21.5 Å². The summed E-state index contributed by atoms with van der Waals surface area (Å²) >= 11 is 1.31. The van der Waals surface area contributed by atoms with E-state index in [1.54, 1.807) is 12.3 Å². The lowest BCUT2D eigenvalue weighted by atomic mass is 10.1. The molecule has 1 fully saturated rings. The van der Waals surface area contributed by atoms with Gasteiger partial charge in [-0.1, -0.05) is 0 Å². The number of hydrogen-bond donors (Lipinski definition) is 0. The summed E-state index contributed by atoms with van der Waals surface area (Å²) in [5.74, 6) is -0.551. The molecule has 0 N–H and O–H groups in total. The van der Waals surface area contributed by atoms with Crippen molar-refractivity contribution in [2.24, 2.45) is 0 Å². The first kappa shape index (κ1) is 27.8. The van der Waals surface area contributed by atoms with Gasteiger partial charge in [-0.2, -0.15) is 0 Å². The minimum absolute atomic E-state index is 0.0797. The number of carbonyl (C=O) groups is 2. The standard InChI is InChI=1S/C28H36N3O6S/c1-4-35-26(33)17-22-19-38-27(29-22)24-16-21-8-9-23(18-25(21)37-28(24)34)30-10-13-31(3,14-11-30)12-6-5-7-15-36-20(2)32/h8-9,16,18-19H,4-7,10-15,17H2,1-3H3/q+1. The fourth-order valence-corrected chi connectivity index (χ4v) is 5.56. The monoisotopic (exact) mass is 542 g/mol. The molecule has 0 spiro atoms. The van der Waals surface area contributed by atoms with Crippen LogP contribution in [0.15, 0.2) is 38.9 Å². The molecule has 0 unspecified atom stereocenters. The molecule has 204 valence electrons. The van der Waals surface area contributed by atoms with Crippen LogP contribution in [0, 0.1) is 0 Å². The van der Waals surface area contributed by atoms with Crippen molar-refractivity contribution in [2.45, 2.75) is 39.5 Å². The number of ether oxygens (including phenoxy) is 2. The van der Waals surface area contributed by atoms with Crippen LogP contribution in [0.5, 0.6) is 0 Å². The highest BCUT2D eigenvalue weighted by Gasteiger charge is 2.28. The molecule has 4 rings (SSSR count). The summed E-state index contributed by atoms with van der Waals surface area (Å²) < 4.78 is 16.7. The van der Waals surface area contributed by atoms with Crippen LogP contribution >= 0.6 is 11.3 Å². The Morgan fingerprint density at radius 3 is 2.66 bits per heavy atom. The number of thiazole rings is 1. The van der Waals surface area contributed by atoms with Crippen molar-refractivity contribution >= 4 is 39.9 Å². The summed E-state index contributed by atoms with van der Waals surface area (Å²) in [7, 11) is 2.31. The van der Waals surface area contributed by atoms with Crippen LogP contribution in [0.4, 0.5) is 5.69 Å². The topological polar surface area (TPSA) is 98.9 Å². The molecule has 10 heteroatoms. The molecule has 3 heterocycles. The maximum atomic E-state index is 12.8. The summed E-state index contributed by atoms with van der Waals surface area (Å²) in [6.45, 7) is 9.10. The SMILES string of the molecule is CCOC(=O)Cc1csc(-c2cc3ccc(N4CC[N+](C)(CCCCCOC(C)=O)CC4)cc3oc2=O)n1. The van der Waals surface area contributed by atoms with E-state index < -0.39 is 5.63 Å². The largest absolute Gasteiger partial charge is 0.466 e. The second kappa shape index (κ2) is 12.5. The average molecular weight is 543 g/mol. The van der Waals surface area contributed by atoms with Gasteiger partial charge in [-0.25, -0.2) is 9.78 Å². The number of benzene rings is 1. The predicted molar refractivity (Wildman–Crippen MR) is 147 cm³/mol. The summed E-state index contributed by atoms with van der Waals surface area (Å²) in [4.78, 5) is 42.2. The van der Waals surface area contributed by atoms with Gasteiger partial charge < -0.3 is 23.3 Å². The van der Waals surface area contributed by atoms with Crippen LogP contribution in [-0.4, -0.2) is 74.4 Å². The highest BCUT2D eigenvalue weighted by Crippen LogP contribution is 2.28. The van der Waals surface area contributed by atoms with Gasteiger partial charge in [0.15, 0.2) is 0 Å². The van der Waals surface area contributed by atoms with Crippen molar-refractivity contribution in [3.05, 3.63) is 45.8 Å². The first-order chi connectivity index (χ1) is 18.3. The molecule has 3 aromatic rings. The second-order valence-corrected chi connectivity index (χ2v) is 10.8. The van der Waals surface area contributed by atoms with Gasteiger partial charge in [0.1, 0.15) is 10.6 Å². The quantitative estimate of drug-likeness (QED) is 0.155. The number of nitrogens with zero attached hydrogens (tertiary/aromatic N) is 3. The fourth-order valence-electron chi connectivity index (χ4n) is 4.74. The molecular weight excluding hydrogens is 506 g/mol. The molecule has 1 aromatic carbocycles. The number of aromatic nitrogens is 1. The van der Waals surface area contributed by atoms with Crippen LogP contribution in [0.2, 0.25) is 0 Å². The van der Waals surface area contributed by atoms with Crippen molar-refractivity contribution in [2.75, 3.05) is 57.9 Å². The smallest absolute Gasteiger partial charge is 0.346 e. The van der Waals surface area contributed by atoms with Gasteiger partial charge in [0.2, 0.25) is 0 Å². The van der Waals surface area contributed by atoms with Crippen LogP contribution in [-0.2, 0) is 25.5 Å². The van der Waals surface area contributed by atoms with Crippen molar-refractivity contribution in [3.8, 4) is 10.6 Å². The maximum absolute atomic E-state index is 12.8. The number of anilines is 1. The highest BCUT2D eigenvalue weighted by atomic mass is 32.1. The minimum atomic E-state index is -0.441. The van der Waals surface area contributed by atoms with E-state index in [-0.39, 0.29) is 18.4 Å². The van der Waals surface area contributed by atoms with E-state index >= 15 is 0 Å². The molecule has 0 atom stereocenters. The molecule has 38 heavy (non-hydrogen) atoms. The number of likely N-dealkylation sites (N-methyl/N-ethyl adjacent to an activating group) is 1. The Hall–Kier alpha value is -3.24. The van der Waals surface area contributed by atoms with E-state index in [0.29, 0.717) is 35.1 Å². The molecule has 0 aliphatic carbocycles. The Balaban J connectivity index is 1.36. The lowest BCUT2D eigenvalue weighted by Gasteiger charge is -2.43. The molecule has 0 saturated carbocycles. The highest BCUT2D eigenvalue weighted by molar-refractivity contribution is 7.13. The van der Waals surface area contributed by atoms with Gasteiger partial charge in [0, 0.05) is 29.4 Å². The molecule has 1 aliphatic heterocycles. The lowest BCUT2D eigenvalue weighted by Crippen LogP contribution is -2.57. The van der Waals surface area contributed by atoms with E-state index in [9.17, 15) is 14.4 Å². The van der Waals surface area contributed by atoms with E-state index in [4.69, 9.17) is 13.9 Å². The molecule has 9 nitrogen and oxygen atoms in total. The third kappa shape index (κ3) is 7.20. The van der Waals surface area contributed by atoms with Gasteiger partial charge in [-0.05, 0) is 44.4 Å². The summed E-state index contributed by atoms with van der Waals surface area (Å²) in [6.07, 6.45) is 3.16. The van der Waals surface area contributed by atoms with Gasteiger partial charge in [0.05, 0.1) is 70.7 Å². The number of fused-ring (bicyclic) bond motifs is 1. The molecule has 1 aliphatic rings. The zero-order chi connectivity index (χ0) is 27.1. The number of esters is 2. The first-order valence-electron chi connectivity index (χ1n) is 13.2. The number of carbonyl (C=O) groups excluding carboxylic acids is 2. The predicted octanol–water partition coefficient (Wildman–Crippen LogP) is 4.02. The zero-order valence-corrected chi connectivity index (χ0v) is 23.2. The molecule has 2 aromatic heterocycles. The number of quaternary nitrogens is 1. The van der Waals surface area contributed by atoms with Crippen LogP contribution < -0.4 is 10.5 Å². The number of hydrogen-bond acceptors (Lipinski definition) is 9. The summed E-state index contributed by atoms with van der Waals surface area (Å²) in [6, 6.07) is 7.81. The van der Waals surface area contributed by atoms with Gasteiger partial charge in [-0.15, -0.1) is 11.3 Å². The molecule has 0 bridgehead atoms. The van der Waals surface area contributed by atoms with E-state index in [2.05, 4.69) is 23.0 Å². The normalized spacial score (nSPS) is 15.0. The van der Waals surface area contributed by atoms with Crippen molar-refractivity contribution in [1.82, 2.24) is 4.98 Å². The number of rotatable bonds is 11. The Labute approximate surface area is 226 Å².